The SMILES string of the molecule is O=C(C=Cc1ccc(S(=O)(=O)N2CCc3ccccc32)cc1)OCC(=O)N1CCCC1=O. The standard InChI is InChI=1S/C23H22N2O6S/c26-21-6-3-14-24(21)22(27)16-31-23(28)12-9-17-7-10-19(11-8-17)32(29,30)25-15-13-18-4-1-2-5-20(18)25/h1-2,4-5,7-12H,3,6,13-16H2. The zero-order chi connectivity index (χ0) is 22.7. The van der Waals surface area contributed by atoms with Gasteiger partial charge in [-0.15, -0.1) is 0 Å². The highest BCUT2D eigenvalue weighted by atomic mass is 32.2. The molecular weight excluding hydrogens is 432 g/mol. The van der Waals surface area contributed by atoms with E-state index in [1.165, 1.54) is 22.5 Å². The molecule has 2 aromatic carbocycles. The number of esters is 1. The number of hydrogen-bond acceptors (Lipinski definition) is 6. The second-order valence-electron chi connectivity index (χ2n) is 7.51. The average Bonchev–Trinajstić information content (AvgIpc) is 3.43. The second kappa shape index (κ2) is 8.96. The van der Waals surface area contributed by atoms with Crippen molar-refractivity contribution in [3.05, 3.63) is 65.7 Å². The van der Waals surface area contributed by atoms with Crippen molar-refractivity contribution in [1.82, 2.24) is 4.90 Å². The first kappa shape index (κ1) is 21.8. The van der Waals surface area contributed by atoms with Gasteiger partial charge in [0.25, 0.3) is 15.9 Å². The van der Waals surface area contributed by atoms with Gasteiger partial charge in [0.05, 0.1) is 10.6 Å². The van der Waals surface area contributed by atoms with Crippen molar-refractivity contribution in [3.63, 3.8) is 0 Å². The number of rotatable bonds is 6. The fourth-order valence-corrected chi connectivity index (χ4v) is 5.27. The van der Waals surface area contributed by atoms with Gasteiger partial charge in [-0.05, 0) is 48.2 Å². The molecule has 2 aliphatic heterocycles. The number of anilines is 1. The van der Waals surface area contributed by atoms with Gasteiger partial charge >= 0.3 is 5.97 Å². The highest BCUT2D eigenvalue weighted by Gasteiger charge is 2.30. The molecule has 166 valence electrons. The molecule has 2 aliphatic rings. The molecule has 4 rings (SSSR count). The number of benzene rings is 2. The van der Waals surface area contributed by atoms with Gasteiger partial charge in [-0.1, -0.05) is 30.3 Å². The highest BCUT2D eigenvalue weighted by molar-refractivity contribution is 7.92. The summed E-state index contributed by atoms with van der Waals surface area (Å²) in [5.74, 6) is -1.52. The van der Waals surface area contributed by atoms with Gasteiger partial charge in [0.1, 0.15) is 0 Å². The van der Waals surface area contributed by atoms with Gasteiger partial charge in [0.15, 0.2) is 6.61 Å². The van der Waals surface area contributed by atoms with Crippen LogP contribution >= 0.6 is 0 Å². The minimum Gasteiger partial charge on any atom is -0.452 e. The number of imide groups is 1. The molecule has 0 spiro atoms. The molecule has 2 amide bonds. The molecule has 1 saturated heterocycles. The lowest BCUT2D eigenvalue weighted by Crippen LogP contribution is -2.35. The fourth-order valence-electron chi connectivity index (χ4n) is 3.77. The number of fused-ring (bicyclic) bond motifs is 1. The third-order valence-electron chi connectivity index (χ3n) is 5.44. The molecule has 9 heteroatoms. The van der Waals surface area contributed by atoms with E-state index in [4.69, 9.17) is 4.74 Å². The summed E-state index contributed by atoms with van der Waals surface area (Å²) < 4.78 is 32.4. The summed E-state index contributed by atoms with van der Waals surface area (Å²) in [6.07, 6.45) is 4.24. The molecule has 0 aromatic heterocycles. The summed E-state index contributed by atoms with van der Waals surface area (Å²) in [5.41, 5.74) is 2.30. The summed E-state index contributed by atoms with van der Waals surface area (Å²) in [6.45, 7) is 0.254. The first-order valence-electron chi connectivity index (χ1n) is 10.2. The maximum absolute atomic E-state index is 13.0. The average molecular weight is 455 g/mol. The molecule has 0 unspecified atom stereocenters. The monoisotopic (exact) mass is 454 g/mol. The number of para-hydroxylation sites is 1. The van der Waals surface area contributed by atoms with Crippen LogP contribution in [0.25, 0.3) is 6.08 Å². The van der Waals surface area contributed by atoms with Gasteiger partial charge in [-0.3, -0.25) is 18.8 Å². The Kier molecular flexibility index (Phi) is 6.09. The van der Waals surface area contributed by atoms with Crippen LogP contribution in [-0.2, 0) is 35.6 Å². The molecule has 0 aliphatic carbocycles. The number of hydrogen-bond donors (Lipinski definition) is 0. The summed E-state index contributed by atoms with van der Waals surface area (Å²) in [5, 5.41) is 0. The maximum Gasteiger partial charge on any atom is 0.331 e. The minimum absolute atomic E-state index is 0.162. The second-order valence-corrected chi connectivity index (χ2v) is 9.37. The van der Waals surface area contributed by atoms with Crippen LogP contribution in [0.1, 0.15) is 24.0 Å². The number of carbonyl (C=O) groups is 3. The zero-order valence-corrected chi connectivity index (χ0v) is 18.1. The molecular formula is C23H22N2O6S. The van der Waals surface area contributed by atoms with E-state index in [-0.39, 0.29) is 10.8 Å². The Balaban J connectivity index is 1.36. The normalized spacial score (nSPS) is 15.9. The summed E-state index contributed by atoms with van der Waals surface area (Å²) in [6, 6.07) is 13.6. The van der Waals surface area contributed by atoms with E-state index in [1.54, 1.807) is 18.2 Å². The van der Waals surface area contributed by atoms with E-state index in [0.717, 1.165) is 16.5 Å². The van der Waals surface area contributed by atoms with Crippen LogP contribution < -0.4 is 4.31 Å². The van der Waals surface area contributed by atoms with E-state index in [1.807, 2.05) is 18.2 Å². The van der Waals surface area contributed by atoms with Gasteiger partial charge in [0.2, 0.25) is 5.91 Å². The topological polar surface area (TPSA) is 101 Å². The first-order chi connectivity index (χ1) is 15.4. The van der Waals surface area contributed by atoms with Gasteiger partial charge in [0, 0.05) is 25.6 Å². The van der Waals surface area contributed by atoms with Crippen LogP contribution in [0.4, 0.5) is 5.69 Å². The number of nitrogens with zero attached hydrogens (tertiary/aromatic N) is 2. The van der Waals surface area contributed by atoms with Crippen LogP contribution in [0.2, 0.25) is 0 Å². The lowest BCUT2D eigenvalue weighted by Gasteiger charge is -2.19. The van der Waals surface area contributed by atoms with Gasteiger partial charge < -0.3 is 4.74 Å². The minimum atomic E-state index is -3.68. The molecule has 0 atom stereocenters. The van der Waals surface area contributed by atoms with Crippen molar-refractivity contribution in [3.8, 4) is 0 Å². The van der Waals surface area contributed by atoms with E-state index in [2.05, 4.69) is 0 Å². The summed E-state index contributed by atoms with van der Waals surface area (Å²) in [4.78, 5) is 36.5. The number of sulfonamides is 1. The third kappa shape index (κ3) is 4.43. The Hall–Kier alpha value is -3.46. The summed E-state index contributed by atoms with van der Waals surface area (Å²) >= 11 is 0. The molecule has 2 heterocycles. The van der Waals surface area contributed by atoms with Crippen molar-refractivity contribution in [2.45, 2.75) is 24.2 Å². The van der Waals surface area contributed by atoms with Crippen molar-refractivity contribution in [2.75, 3.05) is 24.0 Å². The first-order valence-corrected chi connectivity index (χ1v) is 11.7. The zero-order valence-electron chi connectivity index (χ0n) is 17.3. The Morgan fingerprint density at radius 3 is 2.47 bits per heavy atom. The van der Waals surface area contributed by atoms with Crippen LogP contribution in [0.5, 0.6) is 0 Å². The Bertz CT molecular complexity index is 1190. The Morgan fingerprint density at radius 2 is 1.75 bits per heavy atom. The number of ether oxygens (including phenoxy) is 1. The molecule has 0 N–H and O–H groups in total. The Labute approximate surface area is 186 Å². The summed E-state index contributed by atoms with van der Waals surface area (Å²) in [7, 11) is -3.68. The highest BCUT2D eigenvalue weighted by Crippen LogP contribution is 2.32. The van der Waals surface area contributed by atoms with Gasteiger partial charge in [-0.2, -0.15) is 0 Å². The van der Waals surface area contributed by atoms with Gasteiger partial charge in [-0.25, -0.2) is 13.2 Å². The quantitative estimate of drug-likeness (QED) is 0.490. The van der Waals surface area contributed by atoms with Crippen molar-refractivity contribution in [1.29, 1.82) is 0 Å². The number of carbonyl (C=O) groups excluding carboxylic acids is 3. The van der Waals surface area contributed by atoms with Crippen LogP contribution in [0, 0.1) is 0 Å². The fraction of sp³-hybridized carbons (Fsp3) is 0.261. The van der Waals surface area contributed by atoms with Crippen molar-refractivity contribution in [2.24, 2.45) is 0 Å². The third-order valence-corrected chi connectivity index (χ3v) is 7.26. The molecule has 1 fully saturated rings. The number of likely N-dealkylation sites (tertiary alicyclic amines) is 1. The van der Waals surface area contributed by atoms with Crippen molar-refractivity contribution >= 4 is 39.6 Å². The molecule has 8 nitrogen and oxygen atoms in total. The molecule has 2 aromatic rings. The predicted molar refractivity (Wildman–Crippen MR) is 117 cm³/mol. The molecule has 0 radical (unpaired) electrons. The van der Waals surface area contributed by atoms with E-state index < -0.39 is 28.5 Å². The Morgan fingerprint density at radius 1 is 1.00 bits per heavy atom. The lowest BCUT2D eigenvalue weighted by molar-refractivity contribution is -0.151. The van der Waals surface area contributed by atoms with Crippen LogP contribution in [-0.4, -0.2) is 50.8 Å². The molecule has 0 saturated carbocycles. The van der Waals surface area contributed by atoms with Crippen molar-refractivity contribution < 1.29 is 27.5 Å². The van der Waals surface area contributed by atoms with Crippen LogP contribution in [0.15, 0.2) is 59.5 Å². The largest absolute Gasteiger partial charge is 0.452 e. The van der Waals surface area contributed by atoms with E-state index in [0.29, 0.717) is 43.6 Å². The van der Waals surface area contributed by atoms with E-state index in [9.17, 15) is 22.8 Å². The van der Waals surface area contributed by atoms with Crippen LogP contribution in [0.3, 0.4) is 0 Å². The predicted octanol–water partition coefficient (Wildman–Crippen LogP) is 2.14. The van der Waals surface area contributed by atoms with E-state index >= 15 is 0 Å². The lowest BCUT2D eigenvalue weighted by atomic mass is 10.2. The number of amides is 2. The molecule has 0 bridgehead atoms. The molecule has 32 heavy (non-hydrogen) atoms. The maximum atomic E-state index is 13.0. The smallest absolute Gasteiger partial charge is 0.331 e.